The van der Waals surface area contributed by atoms with Crippen molar-refractivity contribution in [2.45, 2.75) is 19.3 Å². The zero-order chi connectivity index (χ0) is 18.4. The minimum Gasteiger partial charge on any atom is -0.495 e. The largest absolute Gasteiger partial charge is 0.495 e. The van der Waals surface area contributed by atoms with Crippen LogP contribution in [0.1, 0.15) is 35.2 Å². The van der Waals surface area contributed by atoms with Crippen LogP contribution in [0.4, 0.5) is 5.69 Å². The van der Waals surface area contributed by atoms with Gasteiger partial charge in [0.2, 0.25) is 5.91 Å². The van der Waals surface area contributed by atoms with Gasteiger partial charge < -0.3 is 15.0 Å². The Labute approximate surface area is 148 Å². The second-order valence-electron chi connectivity index (χ2n) is 5.98. The quantitative estimate of drug-likeness (QED) is 0.875. The number of methoxy groups -OCH3 is 1. The van der Waals surface area contributed by atoms with Gasteiger partial charge in [-0.2, -0.15) is 0 Å². The van der Waals surface area contributed by atoms with Crippen molar-refractivity contribution in [3.05, 3.63) is 59.7 Å². The molecule has 2 rings (SSSR count). The molecule has 0 spiro atoms. The number of carbonyl (C=O) groups excluding carboxylic acids is 2. The molecule has 0 radical (unpaired) electrons. The van der Waals surface area contributed by atoms with Crippen molar-refractivity contribution < 1.29 is 14.3 Å². The number of nitrogens with one attached hydrogen (secondary N) is 1. The topological polar surface area (TPSA) is 58.6 Å². The summed E-state index contributed by atoms with van der Waals surface area (Å²) in [5.74, 6) is 0.000360. The van der Waals surface area contributed by atoms with Crippen LogP contribution in [-0.4, -0.2) is 37.9 Å². The first kappa shape index (κ1) is 18.5. The molecule has 132 valence electrons. The van der Waals surface area contributed by atoms with E-state index in [1.807, 2.05) is 37.3 Å². The summed E-state index contributed by atoms with van der Waals surface area (Å²) in [4.78, 5) is 26.4. The van der Waals surface area contributed by atoms with Gasteiger partial charge in [0.05, 0.1) is 18.7 Å². The van der Waals surface area contributed by atoms with Gasteiger partial charge in [0.15, 0.2) is 0 Å². The highest BCUT2D eigenvalue weighted by Crippen LogP contribution is 2.28. The highest BCUT2D eigenvalue weighted by Gasteiger charge is 2.20. The van der Waals surface area contributed by atoms with Crippen LogP contribution >= 0.6 is 0 Å². The lowest BCUT2D eigenvalue weighted by molar-refractivity contribution is -0.117. The highest BCUT2D eigenvalue weighted by molar-refractivity contribution is 6.00. The molecule has 2 amide bonds. The SMILES string of the molecule is CC[C@H](C(=O)Nc1cc(C(=O)N(C)C)ccc1OC)c1ccccc1. The second kappa shape index (κ2) is 8.33. The summed E-state index contributed by atoms with van der Waals surface area (Å²) in [5, 5.41) is 2.91. The first-order valence-electron chi connectivity index (χ1n) is 8.23. The molecule has 0 aromatic heterocycles. The zero-order valence-corrected chi connectivity index (χ0v) is 15.1. The molecule has 0 unspecified atom stereocenters. The molecular weight excluding hydrogens is 316 g/mol. The number of carbonyl (C=O) groups is 2. The van der Waals surface area contributed by atoms with E-state index >= 15 is 0 Å². The summed E-state index contributed by atoms with van der Waals surface area (Å²) in [6.45, 7) is 1.97. The van der Waals surface area contributed by atoms with Crippen molar-refractivity contribution in [1.82, 2.24) is 4.90 Å². The number of hydrogen-bond donors (Lipinski definition) is 1. The van der Waals surface area contributed by atoms with Crippen LogP contribution < -0.4 is 10.1 Å². The summed E-state index contributed by atoms with van der Waals surface area (Å²) < 4.78 is 5.32. The number of nitrogens with zero attached hydrogens (tertiary/aromatic N) is 1. The normalized spacial score (nSPS) is 11.5. The van der Waals surface area contributed by atoms with Crippen LogP contribution in [0.3, 0.4) is 0 Å². The van der Waals surface area contributed by atoms with Crippen molar-refractivity contribution in [3.63, 3.8) is 0 Å². The molecule has 0 heterocycles. The Bertz CT molecular complexity index is 742. The Morgan fingerprint density at radius 1 is 1.12 bits per heavy atom. The van der Waals surface area contributed by atoms with Crippen molar-refractivity contribution in [1.29, 1.82) is 0 Å². The lowest BCUT2D eigenvalue weighted by atomic mass is 9.95. The highest BCUT2D eigenvalue weighted by atomic mass is 16.5. The van der Waals surface area contributed by atoms with Crippen molar-refractivity contribution in [3.8, 4) is 5.75 Å². The summed E-state index contributed by atoms with van der Waals surface area (Å²) in [7, 11) is 4.91. The average molecular weight is 340 g/mol. The smallest absolute Gasteiger partial charge is 0.253 e. The molecule has 1 N–H and O–H groups in total. The van der Waals surface area contributed by atoms with Gasteiger partial charge in [-0.15, -0.1) is 0 Å². The maximum absolute atomic E-state index is 12.8. The van der Waals surface area contributed by atoms with Gasteiger partial charge in [0.1, 0.15) is 5.75 Å². The van der Waals surface area contributed by atoms with Crippen LogP contribution in [-0.2, 0) is 4.79 Å². The predicted molar refractivity (Wildman–Crippen MR) is 99.1 cm³/mol. The molecule has 25 heavy (non-hydrogen) atoms. The lowest BCUT2D eigenvalue weighted by Gasteiger charge is -2.18. The maximum atomic E-state index is 12.8. The van der Waals surface area contributed by atoms with E-state index in [2.05, 4.69) is 5.32 Å². The number of ether oxygens (including phenoxy) is 1. The first-order chi connectivity index (χ1) is 12.0. The van der Waals surface area contributed by atoms with Crippen LogP contribution in [0.2, 0.25) is 0 Å². The van der Waals surface area contributed by atoms with E-state index in [1.54, 1.807) is 32.3 Å². The van der Waals surface area contributed by atoms with Crippen LogP contribution in [0, 0.1) is 0 Å². The summed E-state index contributed by atoms with van der Waals surface area (Å²) in [6, 6.07) is 14.7. The third-order valence-corrected chi connectivity index (χ3v) is 4.04. The molecule has 0 aliphatic heterocycles. The van der Waals surface area contributed by atoms with Gasteiger partial charge in [-0.3, -0.25) is 9.59 Å². The van der Waals surface area contributed by atoms with E-state index < -0.39 is 0 Å². The average Bonchev–Trinajstić information content (AvgIpc) is 2.62. The van der Waals surface area contributed by atoms with Crippen molar-refractivity contribution in [2.24, 2.45) is 0 Å². The fraction of sp³-hybridized carbons (Fsp3) is 0.300. The third kappa shape index (κ3) is 4.38. The van der Waals surface area contributed by atoms with Crippen molar-refractivity contribution in [2.75, 3.05) is 26.5 Å². The Kier molecular flexibility index (Phi) is 6.17. The van der Waals surface area contributed by atoms with Gasteiger partial charge in [-0.1, -0.05) is 37.3 Å². The second-order valence-corrected chi connectivity index (χ2v) is 5.98. The predicted octanol–water partition coefficient (Wildman–Crippen LogP) is 3.53. The van der Waals surface area contributed by atoms with Crippen LogP contribution in [0.15, 0.2) is 48.5 Å². The third-order valence-electron chi connectivity index (χ3n) is 4.04. The molecule has 0 aliphatic rings. The van der Waals surface area contributed by atoms with Gasteiger partial charge in [0.25, 0.3) is 5.91 Å². The number of rotatable bonds is 6. The fourth-order valence-electron chi connectivity index (χ4n) is 2.67. The van der Waals surface area contributed by atoms with Gasteiger partial charge in [0, 0.05) is 19.7 Å². The van der Waals surface area contributed by atoms with E-state index in [0.717, 1.165) is 5.56 Å². The van der Waals surface area contributed by atoms with E-state index in [0.29, 0.717) is 23.4 Å². The van der Waals surface area contributed by atoms with E-state index in [9.17, 15) is 9.59 Å². The molecule has 0 saturated carbocycles. The van der Waals surface area contributed by atoms with E-state index in [1.165, 1.54) is 12.0 Å². The lowest BCUT2D eigenvalue weighted by Crippen LogP contribution is -2.23. The number of amides is 2. The minimum atomic E-state index is -0.265. The Balaban J connectivity index is 2.29. The minimum absolute atomic E-state index is 0.124. The number of benzene rings is 2. The van der Waals surface area contributed by atoms with Gasteiger partial charge >= 0.3 is 0 Å². The molecule has 2 aromatic carbocycles. The van der Waals surface area contributed by atoms with E-state index in [4.69, 9.17) is 4.74 Å². The van der Waals surface area contributed by atoms with Gasteiger partial charge in [-0.05, 0) is 30.2 Å². The molecule has 2 aromatic rings. The monoisotopic (exact) mass is 340 g/mol. The Hall–Kier alpha value is -2.82. The van der Waals surface area contributed by atoms with Crippen LogP contribution in [0.25, 0.3) is 0 Å². The maximum Gasteiger partial charge on any atom is 0.253 e. The summed E-state index contributed by atoms with van der Waals surface area (Å²) >= 11 is 0. The number of anilines is 1. The number of hydrogen-bond acceptors (Lipinski definition) is 3. The molecule has 5 heteroatoms. The summed E-state index contributed by atoms with van der Waals surface area (Å²) in [6.07, 6.45) is 0.675. The Morgan fingerprint density at radius 2 is 1.80 bits per heavy atom. The van der Waals surface area contributed by atoms with Crippen LogP contribution in [0.5, 0.6) is 5.75 Å². The fourth-order valence-corrected chi connectivity index (χ4v) is 2.67. The molecule has 0 bridgehead atoms. The zero-order valence-electron chi connectivity index (χ0n) is 15.1. The molecule has 5 nitrogen and oxygen atoms in total. The standard InChI is InChI=1S/C20H24N2O3/c1-5-16(14-9-7-6-8-10-14)19(23)21-17-13-15(20(24)22(2)3)11-12-18(17)25-4/h6-13,16H,5H2,1-4H3,(H,21,23)/t16-/m0/s1. The molecule has 0 fully saturated rings. The molecule has 0 aliphatic carbocycles. The molecule has 1 atom stereocenters. The Morgan fingerprint density at radius 3 is 2.36 bits per heavy atom. The van der Waals surface area contributed by atoms with E-state index in [-0.39, 0.29) is 17.7 Å². The van der Waals surface area contributed by atoms with Crippen molar-refractivity contribution >= 4 is 17.5 Å². The molecular formula is C20H24N2O3. The first-order valence-corrected chi connectivity index (χ1v) is 8.23. The summed E-state index contributed by atoms with van der Waals surface area (Å²) in [5.41, 5.74) is 1.95. The van der Waals surface area contributed by atoms with Gasteiger partial charge in [-0.25, -0.2) is 0 Å². The molecule has 0 saturated heterocycles.